The van der Waals surface area contributed by atoms with Gasteiger partial charge < -0.3 is 5.11 Å². The Morgan fingerprint density at radius 1 is 1.47 bits per heavy atom. The average molecular weight is 258 g/mol. The lowest BCUT2D eigenvalue weighted by atomic mass is 9.90. The second kappa shape index (κ2) is 5.63. The summed E-state index contributed by atoms with van der Waals surface area (Å²) in [4.78, 5) is 21.0. The molecule has 0 saturated carbocycles. The van der Waals surface area contributed by atoms with Crippen molar-refractivity contribution in [2.24, 2.45) is 0 Å². The van der Waals surface area contributed by atoms with E-state index < -0.39 is 22.9 Å². The molecule has 5 nitrogen and oxygen atoms in total. The van der Waals surface area contributed by atoms with E-state index in [0.717, 1.165) is 0 Å². The normalized spacial score (nSPS) is 14.0. The van der Waals surface area contributed by atoms with Gasteiger partial charge in [0, 0.05) is 16.9 Å². The molecular weight excluding hydrogens is 246 g/mol. The van der Waals surface area contributed by atoms with Gasteiger partial charge in [-0.1, -0.05) is 23.7 Å². The van der Waals surface area contributed by atoms with Crippen molar-refractivity contribution < 1.29 is 14.8 Å². The molecule has 1 aromatic carbocycles. The summed E-state index contributed by atoms with van der Waals surface area (Å²) in [5.74, 6) is -1.71. The smallest absolute Gasteiger partial charge is 0.304 e. The number of aliphatic carboxylic acids is 1. The fourth-order valence-corrected chi connectivity index (χ4v) is 1.74. The van der Waals surface area contributed by atoms with Gasteiger partial charge in [0.05, 0.1) is 12.3 Å². The van der Waals surface area contributed by atoms with Gasteiger partial charge in [0.2, 0.25) is 6.04 Å². The Balaban J connectivity index is 3.01. The molecular formula is C11H12ClNO4. The first-order valence-corrected chi connectivity index (χ1v) is 5.40. The van der Waals surface area contributed by atoms with Crippen LogP contribution in [0.1, 0.15) is 24.8 Å². The van der Waals surface area contributed by atoms with Crippen LogP contribution < -0.4 is 0 Å². The van der Waals surface area contributed by atoms with Crippen molar-refractivity contribution in [1.82, 2.24) is 0 Å². The first kappa shape index (κ1) is 13.4. The molecule has 2 atom stereocenters. The van der Waals surface area contributed by atoms with Gasteiger partial charge in [0.25, 0.3) is 0 Å². The molecule has 0 saturated heterocycles. The van der Waals surface area contributed by atoms with Crippen LogP contribution in [0.5, 0.6) is 0 Å². The Labute approximate surface area is 103 Å². The topological polar surface area (TPSA) is 80.4 Å². The molecule has 0 fully saturated rings. The molecule has 0 bridgehead atoms. The molecule has 0 aromatic heterocycles. The molecule has 0 spiro atoms. The molecule has 2 unspecified atom stereocenters. The van der Waals surface area contributed by atoms with E-state index in [1.54, 1.807) is 24.3 Å². The van der Waals surface area contributed by atoms with Crippen molar-refractivity contribution in [1.29, 1.82) is 0 Å². The largest absolute Gasteiger partial charge is 0.481 e. The summed E-state index contributed by atoms with van der Waals surface area (Å²) in [6.07, 6.45) is -0.274. The van der Waals surface area contributed by atoms with Gasteiger partial charge in [-0.2, -0.15) is 0 Å². The number of carboxylic acids is 1. The maximum Gasteiger partial charge on any atom is 0.304 e. The summed E-state index contributed by atoms with van der Waals surface area (Å²) >= 11 is 5.71. The number of nitro groups is 1. The summed E-state index contributed by atoms with van der Waals surface area (Å²) in [6.45, 7) is 1.40. The van der Waals surface area contributed by atoms with Crippen molar-refractivity contribution in [3.05, 3.63) is 45.0 Å². The maximum atomic E-state index is 10.7. The quantitative estimate of drug-likeness (QED) is 0.649. The summed E-state index contributed by atoms with van der Waals surface area (Å²) in [7, 11) is 0. The number of hydrogen-bond acceptors (Lipinski definition) is 3. The number of carboxylic acid groups (broad SMARTS) is 1. The van der Waals surface area contributed by atoms with E-state index in [4.69, 9.17) is 16.7 Å². The Kier molecular flexibility index (Phi) is 4.45. The minimum atomic E-state index is -1.06. The fourth-order valence-electron chi connectivity index (χ4n) is 1.61. The second-order valence-electron chi connectivity index (χ2n) is 3.78. The van der Waals surface area contributed by atoms with Crippen LogP contribution in [0.4, 0.5) is 0 Å². The third-order valence-corrected chi connectivity index (χ3v) is 2.86. The fraction of sp³-hybridized carbons (Fsp3) is 0.364. The zero-order valence-corrected chi connectivity index (χ0v) is 9.92. The summed E-state index contributed by atoms with van der Waals surface area (Å²) < 4.78 is 0. The second-order valence-corrected chi connectivity index (χ2v) is 4.22. The van der Waals surface area contributed by atoms with Crippen LogP contribution in [0.2, 0.25) is 5.02 Å². The van der Waals surface area contributed by atoms with E-state index in [1.165, 1.54) is 6.92 Å². The van der Waals surface area contributed by atoms with Crippen LogP contribution in [-0.2, 0) is 4.79 Å². The lowest BCUT2D eigenvalue weighted by molar-refractivity contribution is -0.522. The molecule has 0 aliphatic rings. The van der Waals surface area contributed by atoms with Crippen LogP contribution in [0.15, 0.2) is 24.3 Å². The predicted molar refractivity (Wildman–Crippen MR) is 62.9 cm³/mol. The van der Waals surface area contributed by atoms with Crippen LogP contribution >= 0.6 is 11.6 Å². The third-order valence-electron chi connectivity index (χ3n) is 2.61. The van der Waals surface area contributed by atoms with Crippen molar-refractivity contribution >= 4 is 17.6 Å². The maximum absolute atomic E-state index is 10.7. The van der Waals surface area contributed by atoms with Gasteiger partial charge in [-0.05, 0) is 17.7 Å². The highest BCUT2D eigenvalue weighted by atomic mass is 35.5. The van der Waals surface area contributed by atoms with E-state index in [-0.39, 0.29) is 6.42 Å². The molecule has 92 valence electrons. The number of nitrogens with zero attached hydrogens (tertiary/aromatic N) is 1. The van der Waals surface area contributed by atoms with E-state index in [1.807, 2.05) is 0 Å². The molecule has 0 radical (unpaired) electrons. The van der Waals surface area contributed by atoms with E-state index in [2.05, 4.69) is 0 Å². The number of benzene rings is 1. The van der Waals surface area contributed by atoms with Gasteiger partial charge in [-0.15, -0.1) is 0 Å². The van der Waals surface area contributed by atoms with Gasteiger partial charge in [-0.25, -0.2) is 0 Å². The molecule has 17 heavy (non-hydrogen) atoms. The Bertz CT molecular complexity index is 418. The van der Waals surface area contributed by atoms with Crippen LogP contribution in [0.3, 0.4) is 0 Å². The SMILES string of the molecule is CC(C(CC(=O)O)c1ccc(Cl)cc1)[N+](=O)[O-]. The highest BCUT2D eigenvalue weighted by Crippen LogP contribution is 2.26. The molecule has 1 rings (SSSR count). The number of halogens is 1. The minimum Gasteiger partial charge on any atom is -0.481 e. The number of rotatable bonds is 5. The van der Waals surface area contributed by atoms with E-state index >= 15 is 0 Å². The monoisotopic (exact) mass is 257 g/mol. The number of hydrogen-bond donors (Lipinski definition) is 1. The summed E-state index contributed by atoms with van der Waals surface area (Å²) in [5, 5.41) is 20.0. The zero-order chi connectivity index (χ0) is 13.0. The standard InChI is InChI=1S/C11H12ClNO4/c1-7(13(16)17)10(6-11(14)15)8-2-4-9(12)5-3-8/h2-5,7,10H,6H2,1H3,(H,14,15). The van der Waals surface area contributed by atoms with E-state index in [0.29, 0.717) is 10.6 Å². The van der Waals surface area contributed by atoms with Gasteiger partial charge in [0.1, 0.15) is 0 Å². The average Bonchev–Trinajstić information content (AvgIpc) is 2.26. The Morgan fingerprint density at radius 2 is 2.00 bits per heavy atom. The molecule has 6 heteroatoms. The molecule has 0 amide bonds. The number of carbonyl (C=O) groups is 1. The van der Waals surface area contributed by atoms with Crippen molar-refractivity contribution in [2.45, 2.75) is 25.3 Å². The lowest BCUT2D eigenvalue weighted by Gasteiger charge is -2.16. The predicted octanol–water partition coefficient (Wildman–Crippen LogP) is 2.56. The minimum absolute atomic E-state index is 0.274. The van der Waals surface area contributed by atoms with Crippen molar-refractivity contribution in [2.75, 3.05) is 0 Å². The van der Waals surface area contributed by atoms with Crippen LogP contribution in [0.25, 0.3) is 0 Å². The molecule has 0 heterocycles. The lowest BCUT2D eigenvalue weighted by Crippen LogP contribution is -2.26. The van der Waals surface area contributed by atoms with Gasteiger partial charge in [0.15, 0.2) is 0 Å². The zero-order valence-electron chi connectivity index (χ0n) is 9.17. The molecule has 1 N–H and O–H groups in total. The highest BCUT2D eigenvalue weighted by Gasteiger charge is 2.30. The van der Waals surface area contributed by atoms with Crippen molar-refractivity contribution in [3.8, 4) is 0 Å². The molecule has 0 aliphatic carbocycles. The summed E-state index contributed by atoms with van der Waals surface area (Å²) in [5.41, 5.74) is 0.612. The van der Waals surface area contributed by atoms with Crippen LogP contribution in [-0.4, -0.2) is 22.0 Å². The van der Waals surface area contributed by atoms with Gasteiger partial charge >= 0.3 is 5.97 Å². The molecule has 0 aliphatic heterocycles. The van der Waals surface area contributed by atoms with E-state index in [9.17, 15) is 14.9 Å². The van der Waals surface area contributed by atoms with Crippen molar-refractivity contribution in [3.63, 3.8) is 0 Å². The highest BCUT2D eigenvalue weighted by molar-refractivity contribution is 6.30. The first-order chi connectivity index (χ1) is 7.91. The van der Waals surface area contributed by atoms with Crippen LogP contribution in [0, 0.1) is 10.1 Å². The Morgan fingerprint density at radius 3 is 2.41 bits per heavy atom. The third kappa shape index (κ3) is 3.71. The summed E-state index contributed by atoms with van der Waals surface area (Å²) in [6, 6.07) is 5.48. The molecule has 1 aromatic rings. The van der Waals surface area contributed by atoms with Gasteiger partial charge in [-0.3, -0.25) is 14.9 Å². The first-order valence-electron chi connectivity index (χ1n) is 5.02. The Hall–Kier alpha value is -1.62.